The average Bonchev–Trinajstić information content (AvgIpc) is 3.19. The van der Waals surface area contributed by atoms with E-state index in [9.17, 15) is 9.59 Å². The van der Waals surface area contributed by atoms with Crippen LogP contribution in [-0.2, 0) is 9.53 Å². The van der Waals surface area contributed by atoms with Crippen molar-refractivity contribution >= 4 is 28.2 Å². The van der Waals surface area contributed by atoms with Gasteiger partial charge in [-0.3, -0.25) is 4.79 Å². The van der Waals surface area contributed by atoms with Crippen LogP contribution < -0.4 is 10.1 Å². The van der Waals surface area contributed by atoms with E-state index in [0.717, 1.165) is 27.1 Å². The van der Waals surface area contributed by atoms with Gasteiger partial charge >= 0.3 is 5.97 Å². The van der Waals surface area contributed by atoms with E-state index in [0.29, 0.717) is 16.3 Å². The first-order valence-electron chi connectivity index (χ1n) is 10.4. The van der Waals surface area contributed by atoms with Gasteiger partial charge in [-0.1, -0.05) is 72.8 Å². The minimum Gasteiger partial charge on any atom is -0.484 e. The van der Waals surface area contributed by atoms with E-state index >= 15 is 0 Å². The fourth-order valence-corrected chi connectivity index (χ4v) is 4.65. The topological polar surface area (TPSA) is 64.6 Å². The fraction of sp³-hybridized carbons (Fsp3) is 0.111. The minimum absolute atomic E-state index is 0.178. The molecule has 166 valence electrons. The smallest absolute Gasteiger partial charge is 0.341 e. The maximum Gasteiger partial charge on any atom is 0.341 e. The van der Waals surface area contributed by atoms with Crippen LogP contribution in [0.1, 0.15) is 15.2 Å². The molecule has 0 spiro atoms. The Hall–Kier alpha value is -3.90. The van der Waals surface area contributed by atoms with Crippen molar-refractivity contribution in [2.24, 2.45) is 0 Å². The van der Waals surface area contributed by atoms with Gasteiger partial charge in [0.05, 0.1) is 7.11 Å². The summed E-state index contributed by atoms with van der Waals surface area (Å²) in [6.45, 7) is 1.74. The molecule has 6 heteroatoms. The third-order valence-electron chi connectivity index (χ3n) is 5.12. The molecule has 0 unspecified atom stereocenters. The molecule has 0 saturated heterocycles. The molecule has 0 bridgehead atoms. The number of carbonyl (C=O) groups is 2. The largest absolute Gasteiger partial charge is 0.484 e. The third kappa shape index (κ3) is 5.13. The number of methoxy groups -OCH3 is 1. The van der Waals surface area contributed by atoms with E-state index < -0.39 is 5.97 Å². The summed E-state index contributed by atoms with van der Waals surface area (Å²) in [7, 11) is 1.33. The number of rotatable bonds is 7. The molecule has 0 aliphatic rings. The van der Waals surface area contributed by atoms with E-state index in [1.165, 1.54) is 18.4 Å². The number of ether oxygens (including phenoxy) is 2. The summed E-state index contributed by atoms with van der Waals surface area (Å²) in [5, 5.41) is 3.27. The Balaban J connectivity index is 1.47. The van der Waals surface area contributed by atoms with Crippen molar-refractivity contribution in [2.75, 3.05) is 19.0 Å². The Morgan fingerprint density at radius 3 is 2.00 bits per heavy atom. The van der Waals surface area contributed by atoms with Crippen molar-refractivity contribution < 1.29 is 19.1 Å². The highest BCUT2D eigenvalue weighted by Crippen LogP contribution is 2.40. The van der Waals surface area contributed by atoms with Crippen LogP contribution in [0.4, 0.5) is 5.00 Å². The van der Waals surface area contributed by atoms with Gasteiger partial charge in [0.25, 0.3) is 5.91 Å². The van der Waals surface area contributed by atoms with E-state index in [1.54, 1.807) is 0 Å². The monoisotopic (exact) mass is 457 g/mol. The van der Waals surface area contributed by atoms with Gasteiger partial charge in [0.1, 0.15) is 16.3 Å². The molecular formula is C27H23NO4S. The standard InChI is InChI=1S/C27H23NO4S/c1-18-24(21-11-7-4-8-12-21)25(27(30)31-2)26(33-18)28-23(29)17-32-22-15-13-20(14-16-22)19-9-5-3-6-10-19/h3-16H,17H2,1-2H3,(H,28,29). The molecule has 33 heavy (non-hydrogen) atoms. The molecule has 0 fully saturated rings. The summed E-state index contributed by atoms with van der Waals surface area (Å²) >= 11 is 1.34. The second-order valence-corrected chi connectivity index (χ2v) is 8.55. The van der Waals surface area contributed by atoms with E-state index in [-0.39, 0.29) is 12.5 Å². The molecule has 0 aliphatic carbocycles. The Bertz CT molecular complexity index is 1250. The molecule has 0 saturated carbocycles. The van der Waals surface area contributed by atoms with Crippen LogP contribution in [-0.4, -0.2) is 25.6 Å². The van der Waals surface area contributed by atoms with Gasteiger partial charge in [-0.25, -0.2) is 4.79 Å². The lowest BCUT2D eigenvalue weighted by atomic mass is 10.0. The van der Waals surface area contributed by atoms with Gasteiger partial charge in [-0.15, -0.1) is 11.3 Å². The highest BCUT2D eigenvalue weighted by atomic mass is 32.1. The van der Waals surface area contributed by atoms with E-state index in [2.05, 4.69) is 5.32 Å². The lowest BCUT2D eigenvalue weighted by Crippen LogP contribution is -2.21. The van der Waals surface area contributed by atoms with Gasteiger partial charge in [0.2, 0.25) is 0 Å². The number of anilines is 1. The molecule has 1 heterocycles. The van der Waals surface area contributed by atoms with Crippen molar-refractivity contribution in [1.29, 1.82) is 0 Å². The summed E-state index contributed by atoms with van der Waals surface area (Å²) in [5.74, 6) is -0.260. The summed E-state index contributed by atoms with van der Waals surface area (Å²) in [4.78, 5) is 26.1. The summed E-state index contributed by atoms with van der Waals surface area (Å²) in [5.41, 5.74) is 4.19. The van der Waals surface area contributed by atoms with Crippen LogP contribution in [0.15, 0.2) is 84.9 Å². The number of hydrogen-bond acceptors (Lipinski definition) is 5. The quantitative estimate of drug-likeness (QED) is 0.336. The Labute approximate surface area is 196 Å². The zero-order chi connectivity index (χ0) is 23.2. The Morgan fingerprint density at radius 2 is 1.39 bits per heavy atom. The van der Waals surface area contributed by atoms with Crippen molar-refractivity contribution in [3.63, 3.8) is 0 Å². The third-order valence-corrected chi connectivity index (χ3v) is 6.14. The maximum absolute atomic E-state index is 12.6. The first kappa shape index (κ1) is 22.3. The highest BCUT2D eigenvalue weighted by molar-refractivity contribution is 7.17. The normalized spacial score (nSPS) is 10.5. The van der Waals surface area contributed by atoms with Gasteiger partial charge < -0.3 is 14.8 Å². The number of benzene rings is 3. The molecule has 1 amide bonds. The zero-order valence-electron chi connectivity index (χ0n) is 18.3. The Kier molecular flexibility index (Phi) is 6.86. The van der Waals surface area contributed by atoms with Crippen LogP contribution in [0.3, 0.4) is 0 Å². The van der Waals surface area contributed by atoms with Crippen molar-refractivity contribution in [3.05, 3.63) is 95.4 Å². The number of hydrogen-bond donors (Lipinski definition) is 1. The molecular weight excluding hydrogens is 434 g/mol. The summed E-state index contributed by atoms with van der Waals surface area (Å²) in [6.07, 6.45) is 0. The lowest BCUT2D eigenvalue weighted by molar-refractivity contribution is -0.118. The van der Waals surface area contributed by atoms with Crippen LogP contribution in [0.2, 0.25) is 0 Å². The highest BCUT2D eigenvalue weighted by Gasteiger charge is 2.25. The first-order chi connectivity index (χ1) is 16.1. The molecule has 5 nitrogen and oxygen atoms in total. The number of nitrogens with one attached hydrogen (secondary N) is 1. The summed E-state index contributed by atoms with van der Waals surface area (Å²) < 4.78 is 10.7. The summed E-state index contributed by atoms with van der Waals surface area (Å²) in [6, 6.07) is 27.2. The first-order valence-corrected chi connectivity index (χ1v) is 11.2. The number of amides is 1. The van der Waals surface area contributed by atoms with E-state index in [1.807, 2.05) is 91.9 Å². The molecule has 3 aromatic carbocycles. The SMILES string of the molecule is COC(=O)c1c(NC(=O)COc2ccc(-c3ccccc3)cc2)sc(C)c1-c1ccccc1. The number of esters is 1. The van der Waals surface area contributed by atoms with Crippen molar-refractivity contribution in [1.82, 2.24) is 0 Å². The predicted molar refractivity (Wildman–Crippen MR) is 132 cm³/mol. The van der Waals surface area contributed by atoms with Gasteiger partial charge in [0, 0.05) is 10.4 Å². The molecule has 0 atom stereocenters. The predicted octanol–water partition coefficient (Wildman–Crippen LogP) is 6.19. The fourth-order valence-electron chi connectivity index (χ4n) is 3.57. The van der Waals surface area contributed by atoms with Gasteiger partial charge in [-0.05, 0) is 35.7 Å². The van der Waals surface area contributed by atoms with Crippen molar-refractivity contribution in [3.8, 4) is 28.0 Å². The molecule has 1 N–H and O–H groups in total. The average molecular weight is 458 g/mol. The molecule has 4 rings (SSSR count). The van der Waals surface area contributed by atoms with Gasteiger partial charge in [0.15, 0.2) is 6.61 Å². The van der Waals surface area contributed by atoms with Crippen LogP contribution in [0.25, 0.3) is 22.3 Å². The molecule has 0 radical (unpaired) electrons. The molecule has 0 aliphatic heterocycles. The van der Waals surface area contributed by atoms with Crippen LogP contribution >= 0.6 is 11.3 Å². The van der Waals surface area contributed by atoms with E-state index in [4.69, 9.17) is 9.47 Å². The van der Waals surface area contributed by atoms with Gasteiger partial charge in [-0.2, -0.15) is 0 Å². The Morgan fingerprint density at radius 1 is 0.818 bits per heavy atom. The second-order valence-electron chi connectivity index (χ2n) is 7.32. The van der Waals surface area contributed by atoms with Crippen molar-refractivity contribution in [2.45, 2.75) is 6.92 Å². The maximum atomic E-state index is 12.6. The lowest BCUT2D eigenvalue weighted by Gasteiger charge is -2.09. The number of carbonyl (C=O) groups excluding carboxylic acids is 2. The minimum atomic E-state index is -0.495. The number of thiophene rings is 1. The number of aryl methyl sites for hydroxylation is 1. The van der Waals surface area contributed by atoms with Crippen LogP contribution in [0.5, 0.6) is 5.75 Å². The van der Waals surface area contributed by atoms with Crippen LogP contribution in [0, 0.1) is 6.92 Å². The second kappa shape index (κ2) is 10.1. The molecule has 4 aromatic rings. The molecule has 1 aromatic heterocycles. The zero-order valence-corrected chi connectivity index (χ0v) is 19.1.